The fourth-order valence-corrected chi connectivity index (χ4v) is 2.34. The van der Waals surface area contributed by atoms with Gasteiger partial charge in [0, 0.05) is 28.5 Å². The molecule has 0 aliphatic heterocycles. The van der Waals surface area contributed by atoms with Crippen LogP contribution in [0.5, 0.6) is 5.75 Å². The lowest BCUT2D eigenvalue weighted by Crippen LogP contribution is -2.41. The monoisotopic (exact) mass is 381 g/mol. The number of hydrogen-bond acceptors (Lipinski definition) is 4. The van der Waals surface area contributed by atoms with Gasteiger partial charge in [-0.2, -0.15) is 0 Å². The molecule has 0 aliphatic carbocycles. The summed E-state index contributed by atoms with van der Waals surface area (Å²) in [5, 5.41) is 0.647. The molecule has 3 rings (SSSR count). The Morgan fingerprint density at radius 3 is 1.96 bits per heavy atom. The molecular weight excluding hydrogens is 366 g/mol. The number of nitrogens with zero attached hydrogens (tertiary/aromatic N) is 1. The highest BCUT2D eigenvalue weighted by atomic mass is 35.5. The highest BCUT2D eigenvalue weighted by Gasteiger charge is 2.09. The Kier molecular flexibility index (Phi) is 6.02. The first-order chi connectivity index (χ1) is 13.1. The van der Waals surface area contributed by atoms with Crippen molar-refractivity contribution in [3.8, 4) is 5.75 Å². The Bertz CT molecular complexity index is 913. The highest BCUT2D eigenvalue weighted by Crippen LogP contribution is 2.17. The zero-order valence-electron chi connectivity index (χ0n) is 14.2. The number of nitrogens with one attached hydrogen (secondary N) is 2. The molecule has 0 radical (unpaired) electrons. The summed E-state index contributed by atoms with van der Waals surface area (Å²) in [6.45, 7) is 0.363. The fourth-order valence-electron chi connectivity index (χ4n) is 2.21. The van der Waals surface area contributed by atoms with E-state index in [1.54, 1.807) is 60.7 Å². The molecular formula is C20H16ClN3O3. The summed E-state index contributed by atoms with van der Waals surface area (Å²) in [6.07, 6.45) is 3.00. The molecule has 0 spiro atoms. The molecule has 0 atom stereocenters. The molecule has 27 heavy (non-hydrogen) atoms. The Labute approximate surface area is 161 Å². The number of halogens is 1. The van der Waals surface area contributed by atoms with Crippen LogP contribution in [0.15, 0.2) is 73.1 Å². The van der Waals surface area contributed by atoms with Gasteiger partial charge in [-0.05, 0) is 54.1 Å². The second-order valence-corrected chi connectivity index (χ2v) is 6.02. The van der Waals surface area contributed by atoms with E-state index >= 15 is 0 Å². The average molecular weight is 382 g/mol. The van der Waals surface area contributed by atoms with E-state index in [2.05, 4.69) is 15.8 Å². The molecule has 6 nitrogen and oxygen atoms in total. The van der Waals surface area contributed by atoms with E-state index in [0.29, 0.717) is 28.5 Å². The standard InChI is InChI=1S/C20H16ClN3O3/c21-17-5-7-18(8-6-17)27-13-14-1-3-15(4-2-14)19(25)23-24-20(26)16-9-11-22-12-10-16/h1-12H,13H2,(H,23,25)(H,24,26). The van der Waals surface area contributed by atoms with Crippen LogP contribution in [0.4, 0.5) is 0 Å². The van der Waals surface area contributed by atoms with Crippen LogP contribution in [0.3, 0.4) is 0 Å². The van der Waals surface area contributed by atoms with Crippen molar-refractivity contribution in [3.63, 3.8) is 0 Å². The molecule has 0 bridgehead atoms. The summed E-state index contributed by atoms with van der Waals surface area (Å²) >= 11 is 5.83. The Hall–Kier alpha value is -3.38. The van der Waals surface area contributed by atoms with E-state index in [1.807, 2.05) is 0 Å². The summed E-state index contributed by atoms with van der Waals surface area (Å²) in [6, 6.07) is 17.1. The normalized spacial score (nSPS) is 10.1. The van der Waals surface area contributed by atoms with E-state index in [0.717, 1.165) is 5.56 Å². The van der Waals surface area contributed by atoms with Crippen LogP contribution in [-0.4, -0.2) is 16.8 Å². The van der Waals surface area contributed by atoms with Crippen molar-refractivity contribution in [2.75, 3.05) is 0 Å². The number of hydrazine groups is 1. The second kappa shape index (κ2) is 8.82. The number of pyridine rings is 1. The first-order valence-electron chi connectivity index (χ1n) is 8.10. The Balaban J connectivity index is 1.51. The molecule has 2 amide bonds. The Morgan fingerprint density at radius 2 is 1.37 bits per heavy atom. The summed E-state index contributed by atoms with van der Waals surface area (Å²) < 4.78 is 5.65. The molecule has 1 aromatic heterocycles. The maximum absolute atomic E-state index is 12.1. The van der Waals surface area contributed by atoms with Gasteiger partial charge in [0.25, 0.3) is 11.8 Å². The largest absolute Gasteiger partial charge is 0.489 e. The lowest BCUT2D eigenvalue weighted by atomic mass is 10.1. The van der Waals surface area contributed by atoms with Gasteiger partial charge in [-0.25, -0.2) is 0 Å². The smallest absolute Gasteiger partial charge is 0.269 e. The molecule has 0 aliphatic rings. The van der Waals surface area contributed by atoms with Crippen LogP contribution >= 0.6 is 11.6 Å². The minimum atomic E-state index is -0.418. The van der Waals surface area contributed by atoms with E-state index in [9.17, 15) is 9.59 Å². The molecule has 0 saturated carbocycles. The van der Waals surface area contributed by atoms with Crippen molar-refractivity contribution in [3.05, 3.63) is 94.8 Å². The number of aromatic nitrogens is 1. The lowest BCUT2D eigenvalue weighted by Gasteiger charge is -2.09. The van der Waals surface area contributed by atoms with Crippen molar-refractivity contribution < 1.29 is 14.3 Å². The minimum absolute atomic E-state index is 0.363. The molecule has 3 aromatic rings. The van der Waals surface area contributed by atoms with Crippen molar-refractivity contribution in [1.29, 1.82) is 0 Å². The third-order valence-electron chi connectivity index (χ3n) is 3.67. The van der Waals surface area contributed by atoms with Gasteiger partial charge in [0.1, 0.15) is 12.4 Å². The molecule has 0 saturated heterocycles. The zero-order chi connectivity index (χ0) is 19.1. The van der Waals surface area contributed by atoms with Crippen molar-refractivity contribution in [2.45, 2.75) is 6.61 Å². The molecule has 1 heterocycles. The van der Waals surface area contributed by atoms with Crippen LogP contribution in [0.1, 0.15) is 26.3 Å². The van der Waals surface area contributed by atoms with Crippen LogP contribution in [0.25, 0.3) is 0 Å². The highest BCUT2D eigenvalue weighted by molar-refractivity contribution is 6.30. The maximum atomic E-state index is 12.1. The van der Waals surface area contributed by atoms with Crippen molar-refractivity contribution in [2.24, 2.45) is 0 Å². The van der Waals surface area contributed by atoms with Gasteiger partial charge in [-0.3, -0.25) is 25.4 Å². The number of carbonyl (C=O) groups is 2. The van der Waals surface area contributed by atoms with Gasteiger partial charge >= 0.3 is 0 Å². The lowest BCUT2D eigenvalue weighted by molar-refractivity contribution is 0.0846. The van der Waals surface area contributed by atoms with Gasteiger partial charge in [-0.15, -0.1) is 0 Å². The van der Waals surface area contributed by atoms with Gasteiger partial charge in [0.2, 0.25) is 0 Å². The minimum Gasteiger partial charge on any atom is -0.489 e. The second-order valence-electron chi connectivity index (χ2n) is 5.58. The summed E-state index contributed by atoms with van der Waals surface area (Å²) in [5.74, 6) is -0.124. The number of benzene rings is 2. The summed E-state index contributed by atoms with van der Waals surface area (Å²) in [4.78, 5) is 27.9. The van der Waals surface area contributed by atoms with E-state index in [-0.39, 0.29) is 0 Å². The molecule has 7 heteroatoms. The predicted molar refractivity (Wildman–Crippen MR) is 101 cm³/mol. The van der Waals surface area contributed by atoms with Crippen molar-refractivity contribution >= 4 is 23.4 Å². The topological polar surface area (TPSA) is 80.3 Å². The molecule has 136 valence electrons. The number of hydrogen-bond donors (Lipinski definition) is 2. The number of ether oxygens (including phenoxy) is 1. The van der Waals surface area contributed by atoms with Gasteiger partial charge in [0.05, 0.1) is 0 Å². The molecule has 2 N–H and O–H groups in total. The number of amides is 2. The number of carbonyl (C=O) groups excluding carboxylic acids is 2. The van der Waals surface area contributed by atoms with Crippen LogP contribution in [0.2, 0.25) is 5.02 Å². The predicted octanol–water partition coefficient (Wildman–Crippen LogP) is 3.39. The van der Waals surface area contributed by atoms with Crippen LogP contribution in [0, 0.1) is 0 Å². The summed E-state index contributed by atoms with van der Waals surface area (Å²) in [7, 11) is 0. The van der Waals surface area contributed by atoms with Crippen molar-refractivity contribution in [1.82, 2.24) is 15.8 Å². The molecule has 0 unspecified atom stereocenters. The molecule has 0 fully saturated rings. The van der Waals surface area contributed by atoms with Gasteiger partial charge in [0.15, 0.2) is 0 Å². The van der Waals surface area contributed by atoms with Gasteiger partial charge in [-0.1, -0.05) is 23.7 Å². The summed E-state index contributed by atoms with van der Waals surface area (Å²) in [5.41, 5.74) is 6.46. The third kappa shape index (κ3) is 5.29. The first kappa shape index (κ1) is 18.4. The molecule has 2 aromatic carbocycles. The van der Waals surface area contributed by atoms with Crippen LogP contribution < -0.4 is 15.6 Å². The maximum Gasteiger partial charge on any atom is 0.269 e. The zero-order valence-corrected chi connectivity index (χ0v) is 14.9. The van der Waals surface area contributed by atoms with E-state index in [4.69, 9.17) is 16.3 Å². The third-order valence-corrected chi connectivity index (χ3v) is 3.92. The number of rotatable bonds is 5. The quantitative estimate of drug-likeness (QED) is 0.664. The average Bonchev–Trinajstić information content (AvgIpc) is 2.72. The van der Waals surface area contributed by atoms with E-state index < -0.39 is 11.8 Å². The van der Waals surface area contributed by atoms with Crippen LogP contribution in [-0.2, 0) is 6.61 Å². The first-order valence-corrected chi connectivity index (χ1v) is 8.47. The van der Waals surface area contributed by atoms with Gasteiger partial charge < -0.3 is 4.74 Å². The van der Waals surface area contributed by atoms with E-state index in [1.165, 1.54) is 12.4 Å². The fraction of sp³-hybridized carbons (Fsp3) is 0.0500. The Morgan fingerprint density at radius 1 is 0.815 bits per heavy atom. The SMILES string of the molecule is O=C(NNC(=O)c1ccc(COc2ccc(Cl)cc2)cc1)c1ccncc1.